The van der Waals surface area contributed by atoms with Gasteiger partial charge in [0.05, 0.1) is 17.7 Å². The third-order valence-electron chi connectivity index (χ3n) is 2.17. The molecular weight excluding hydrogens is 439 g/mol. The summed E-state index contributed by atoms with van der Waals surface area (Å²) in [6, 6.07) is 4.21. The van der Waals surface area contributed by atoms with E-state index in [-0.39, 0.29) is 56.4 Å². The number of rotatable bonds is 3. The van der Waals surface area contributed by atoms with E-state index >= 15 is 0 Å². The Hall–Kier alpha value is -0.768. The van der Waals surface area contributed by atoms with Crippen molar-refractivity contribution in [3.63, 3.8) is 0 Å². The van der Waals surface area contributed by atoms with E-state index in [1.54, 1.807) is 0 Å². The summed E-state index contributed by atoms with van der Waals surface area (Å²) in [6.45, 7) is -0.294. The van der Waals surface area contributed by atoms with E-state index in [0.717, 1.165) is 0 Å². The Labute approximate surface area is 132 Å². The smallest absolute Gasteiger partial charge is 0.269 e. The van der Waals surface area contributed by atoms with E-state index in [0.29, 0.717) is 16.9 Å². The van der Waals surface area contributed by atoms with Crippen LogP contribution in [0.25, 0.3) is 11.3 Å². The van der Waals surface area contributed by atoms with Crippen LogP contribution in [-0.4, -0.2) is 15.0 Å². The summed E-state index contributed by atoms with van der Waals surface area (Å²) in [5.41, 5.74) is 0.976. The van der Waals surface area contributed by atoms with Gasteiger partial charge in [-0.2, -0.15) is 0 Å². The minimum Gasteiger partial charge on any atom is -0.444 e. The molecule has 2 aromatic rings. The number of nitro benzene ring substituents is 1. The number of nitro groups is 1. The van der Waals surface area contributed by atoms with Crippen LogP contribution in [0.2, 0.25) is 0 Å². The monoisotopic (exact) mass is 447 g/mol. The van der Waals surface area contributed by atoms with E-state index in [9.17, 15) is 10.1 Å². The quantitative estimate of drug-likeness (QED) is 0.572. The average molecular weight is 447 g/mol. The summed E-state index contributed by atoms with van der Waals surface area (Å²) in [6.07, 6.45) is 2.75. The minimum atomic E-state index is -0.511. The predicted octanol–water partition coefficient (Wildman–Crippen LogP) is 1.74. The number of benzene rings is 1. The first-order valence-electron chi connectivity index (χ1n) is 4.49. The number of hydrogen-bond donors (Lipinski definition) is 1. The van der Waals surface area contributed by atoms with Crippen molar-refractivity contribution in [2.24, 2.45) is 0 Å². The van der Waals surface area contributed by atoms with Crippen LogP contribution in [0.4, 0.5) is 5.69 Å². The van der Waals surface area contributed by atoms with Crippen LogP contribution in [0.15, 0.2) is 35.2 Å². The molecule has 17 heavy (non-hydrogen) atoms. The summed E-state index contributed by atoms with van der Waals surface area (Å²) in [5, 5.41) is 19.7. The standard InChI is InChI=1S/C10H8N2O4.Ac/c13-5-7-3-8(12(14)15)1-2-9(7)10-4-11-6-16-10;/h1-4,6,13H,5H2;. The molecule has 1 heterocycles. The molecule has 0 unspecified atom stereocenters. The number of aliphatic hydroxyl groups excluding tert-OH is 1. The van der Waals surface area contributed by atoms with Gasteiger partial charge in [-0.25, -0.2) is 4.98 Å². The zero-order valence-electron chi connectivity index (χ0n) is 8.74. The summed E-state index contributed by atoms with van der Waals surface area (Å²) >= 11 is 0. The zero-order chi connectivity index (χ0) is 11.5. The van der Waals surface area contributed by atoms with Crippen LogP contribution in [0.1, 0.15) is 5.56 Å². The molecular formula is C10H8AcN2O4. The van der Waals surface area contributed by atoms with Gasteiger partial charge in [-0.3, -0.25) is 10.1 Å². The van der Waals surface area contributed by atoms with Crippen molar-refractivity contribution in [2.75, 3.05) is 0 Å². The van der Waals surface area contributed by atoms with Crippen molar-refractivity contribution in [1.82, 2.24) is 4.98 Å². The zero-order valence-corrected chi connectivity index (χ0v) is 13.5. The Bertz CT molecular complexity index is 513. The first-order valence-corrected chi connectivity index (χ1v) is 4.49. The number of oxazole rings is 1. The van der Waals surface area contributed by atoms with Crippen LogP contribution in [-0.2, 0) is 6.61 Å². The summed E-state index contributed by atoms with van der Waals surface area (Å²) in [7, 11) is 0. The molecule has 85 valence electrons. The summed E-state index contributed by atoms with van der Waals surface area (Å²) < 4.78 is 5.07. The predicted molar refractivity (Wildman–Crippen MR) is 54.5 cm³/mol. The van der Waals surface area contributed by atoms with Crippen molar-refractivity contribution in [3.8, 4) is 11.3 Å². The van der Waals surface area contributed by atoms with Crippen molar-refractivity contribution < 1.29 is 58.5 Å². The molecule has 0 saturated carbocycles. The summed E-state index contributed by atoms with van der Waals surface area (Å²) in [4.78, 5) is 13.8. The van der Waals surface area contributed by atoms with Gasteiger partial charge in [0.1, 0.15) is 0 Å². The van der Waals surface area contributed by atoms with Gasteiger partial charge in [0.2, 0.25) is 0 Å². The van der Waals surface area contributed by atoms with E-state index in [4.69, 9.17) is 9.52 Å². The molecule has 0 atom stereocenters. The number of aliphatic hydroxyl groups is 1. The molecule has 0 fully saturated rings. The van der Waals surface area contributed by atoms with E-state index in [2.05, 4.69) is 4.98 Å². The second kappa shape index (κ2) is 6.24. The van der Waals surface area contributed by atoms with Crippen LogP contribution < -0.4 is 0 Å². The Balaban J connectivity index is 0.00000144. The Morgan fingerprint density at radius 2 is 2.24 bits per heavy atom. The minimum absolute atomic E-state index is 0. The number of non-ortho nitro benzene ring substituents is 1. The third-order valence-corrected chi connectivity index (χ3v) is 2.17. The first-order chi connectivity index (χ1) is 7.72. The molecule has 0 aliphatic heterocycles. The van der Waals surface area contributed by atoms with E-state index in [1.165, 1.54) is 30.8 Å². The maximum atomic E-state index is 10.6. The maximum Gasteiger partial charge on any atom is 0.269 e. The number of nitrogens with zero attached hydrogens (tertiary/aromatic N) is 2. The molecule has 1 N–H and O–H groups in total. The molecule has 0 aliphatic rings. The Morgan fingerprint density at radius 1 is 1.47 bits per heavy atom. The van der Waals surface area contributed by atoms with Crippen molar-refractivity contribution in [2.45, 2.75) is 6.61 Å². The number of hydrogen-bond acceptors (Lipinski definition) is 5. The molecule has 0 aliphatic carbocycles. The molecule has 1 radical (unpaired) electrons. The third kappa shape index (κ3) is 3.12. The van der Waals surface area contributed by atoms with Crippen LogP contribution >= 0.6 is 0 Å². The van der Waals surface area contributed by atoms with Gasteiger partial charge in [0.15, 0.2) is 12.2 Å². The Morgan fingerprint density at radius 3 is 2.76 bits per heavy atom. The van der Waals surface area contributed by atoms with Crippen molar-refractivity contribution >= 4 is 5.69 Å². The fraction of sp³-hybridized carbons (Fsp3) is 0.100. The second-order valence-corrected chi connectivity index (χ2v) is 3.12. The fourth-order valence-corrected chi connectivity index (χ4v) is 1.41. The van der Waals surface area contributed by atoms with Crippen LogP contribution in [0, 0.1) is 54.2 Å². The molecule has 1 aromatic heterocycles. The Kier molecular flexibility index (Phi) is 5.25. The number of aromatic nitrogens is 1. The molecule has 0 saturated heterocycles. The van der Waals surface area contributed by atoms with Crippen molar-refractivity contribution in [1.29, 1.82) is 0 Å². The van der Waals surface area contributed by atoms with Gasteiger partial charge in [-0.1, -0.05) is 0 Å². The topological polar surface area (TPSA) is 89.4 Å². The average Bonchev–Trinajstić information content (AvgIpc) is 2.81. The molecule has 7 heteroatoms. The van der Waals surface area contributed by atoms with Gasteiger partial charge in [0, 0.05) is 61.8 Å². The molecule has 1 aromatic carbocycles. The van der Waals surface area contributed by atoms with Crippen LogP contribution in [0.3, 0.4) is 0 Å². The van der Waals surface area contributed by atoms with Gasteiger partial charge >= 0.3 is 0 Å². The van der Waals surface area contributed by atoms with Gasteiger partial charge < -0.3 is 9.52 Å². The van der Waals surface area contributed by atoms with E-state index < -0.39 is 4.92 Å². The maximum absolute atomic E-state index is 10.6. The SMILES string of the molecule is O=[N+]([O-])c1ccc(-c2cnco2)c(CO)c1.[Ac]. The van der Waals surface area contributed by atoms with Gasteiger partial charge in [0.25, 0.3) is 5.69 Å². The largest absolute Gasteiger partial charge is 0.444 e. The van der Waals surface area contributed by atoms with Crippen LogP contribution in [0.5, 0.6) is 0 Å². The normalized spacial score (nSPS) is 9.71. The molecule has 0 amide bonds. The molecule has 6 nitrogen and oxygen atoms in total. The van der Waals surface area contributed by atoms with Gasteiger partial charge in [-0.05, 0) is 11.6 Å². The fourth-order valence-electron chi connectivity index (χ4n) is 1.41. The molecule has 2 rings (SSSR count). The first kappa shape index (κ1) is 14.3. The van der Waals surface area contributed by atoms with Crippen molar-refractivity contribution in [3.05, 3.63) is 46.5 Å². The molecule has 0 spiro atoms. The summed E-state index contributed by atoms with van der Waals surface area (Å²) in [5.74, 6) is 0.471. The molecule has 0 bridgehead atoms. The van der Waals surface area contributed by atoms with Gasteiger partial charge in [-0.15, -0.1) is 0 Å². The van der Waals surface area contributed by atoms with E-state index in [1.807, 2.05) is 0 Å². The second-order valence-electron chi connectivity index (χ2n) is 3.12.